The zero-order valence-corrected chi connectivity index (χ0v) is 12.5. The maximum Gasteiger partial charge on any atom is 0.245 e. The van der Waals surface area contributed by atoms with Gasteiger partial charge in [0.25, 0.3) is 0 Å². The Morgan fingerprint density at radius 3 is 2.84 bits per heavy atom. The first kappa shape index (κ1) is 14.3. The molecule has 2 N–H and O–H groups in total. The quantitative estimate of drug-likeness (QED) is 0.877. The molecular formula is C11H12ClN3O2S2. The number of sulfonamides is 1. The maximum absolute atomic E-state index is 12.4. The van der Waals surface area contributed by atoms with Crippen LogP contribution in [0.3, 0.4) is 0 Å². The fourth-order valence-corrected chi connectivity index (χ4v) is 3.59. The molecule has 0 spiro atoms. The van der Waals surface area contributed by atoms with Gasteiger partial charge in [-0.25, -0.2) is 13.4 Å². The van der Waals surface area contributed by atoms with E-state index in [1.165, 1.54) is 34.8 Å². The van der Waals surface area contributed by atoms with Gasteiger partial charge in [0.15, 0.2) is 0 Å². The molecule has 0 aliphatic carbocycles. The van der Waals surface area contributed by atoms with Crippen molar-refractivity contribution in [3.05, 3.63) is 39.8 Å². The lowest BCUT2D eigenvalue weighted by Gasteiger charge is -2.17. The lowest BCUT2D eigenvalue weighted by Crippen LogP contribution is -2.27. The van der Waals surface area contributed by atoms with E-state index in [0.717, 1.165) is 0 Å². The SMILES string of the molecule is CN(Cc1cscn1)S(=O)(=O)c1cc(Cl)ccc1N. The highest BCUT2D eigenvalue weighted by Crippen LogP contribution is 2.25. The first-order chi connectivity index (χ1) is 8.91. The molecule has 0 atom stereocenters. The number of nitrogens with zero attached hydrogens (tertiary/aromatic N) is 2. The number of hydrogen-bond donors (Lipinski definition) is 1. The largest absolute Gasteiger partial charge is 0.398 e. The Morgan fingerprint density at radius 2 is 2.21 bits per heavy atom. The number of thiazole rings is 1. The number of aromatic nitrogens is 1. The summed E-state index contributed by atoms with van der Waals surface area (Å²) < 4.78 is 26.0. The van der Waals surface area contributed by atoms with Crippen molar-refractivity contribution in [1.82, 2.24) is 9.29 Å². The minimum Gasteiger partial charge on any atom is -0.398 e. The van der Waals surface area contributed by atoms with Gasteiger partial charge in [0.2, 0.25) is 10.0 Å². The average Bonchev–Trinajstić information content (AvgIpc) is 2.85. The molecule has 102 valence electrons. The number of anilines is 1. The van der Waals surface area contributed by atoms with Gasteiger partial charge in [-0.2, -0.15) is 4.31 Å². The Labute approximate surface area is 120 Å². The van der Waals surface area contributed by atoms with Gasteiger partial charge < -0.3 is 5.73 Å². The van der Waals surface area contributed by atoms with E-state index >= 15 is 0 Å². The van der Waals surface area contributed by atoms with Gasteiger partial charge in [-0.05, 0) is 18.2 Å². The monoisotopic (exact) mass is 317 g/mol. The summed E-state index contributed by atoms with van der Waals surface area (Å²) in [7, 11) is -2.20. The van der Waals surface area contributed by atoms with E-state index in [2.05, 4.69) is 4.98 Å². The van der Waals surface area contributed by atoms with Crippen molar-refractivity contribution in [2.75, 3.05) is 12.8 Å². The second-order valence-corrected chi connectivity index (χ2v) is 7.09. The second kappa shape index (κ2) is 5.46. The molecule has 2 rings (SSSR count). The molecule has 1 aromatic heterocycles. The predicted molar refractivity (Wildman–Crippen MR) is 76.6 cm³/mol. The van der Waals surface area contributed by atoms with E-state index < -0.39 is 10.0 Å². The summed E-state index contributed by atoms with van der Waals surface area (Å²) in [4.78, 5) is 4.07. The Morgan fingerprint density at radius 1 is 1.47 bits per heavy atom. The smallest absolute Gasteiger partial charge is 0.245 e. The molecule has 0 unspecified atom stereocenters. The molecule has 0 fully saturated rings. The van der Waals surface area contributed by atoms with Gasteiger partial charge in [0, 0.05) is 17.5 Å². The molecule has 1 heterocycles. The van der Waals surface area contributed by atoms with E-state index in [0.29, 0.717) is 10.7 Å². The molecule has 1 aromatic carbocycles. The summed E-state index contributed by atoms with van der Waals surface area (Å²) in [5.41, 5.74) is 8.23. The standard InChI is InChI=1S/C11H12ClN3O2S2/c1-15(5-9-6-18-7-14-9)19(16,17)11-4-8(12)2-3-10(11)13/h2-4,6-7H,5,13H2,1H3. The van der Waals surface area contributed by atoms with E-state index in [1.54, 1.807) is 17.0 Å². The molecule has 0 saturated carbocycles. The fourth-order valence-electron chi connectivity index (χ4n) is 1.53. The van der Waals surface area contributed by atoms with Crippen LogP contribution in [-0.2, 0) is 16.6 Å². The second-order valence-electron chi connectivity index (χ2n) is 3.92. The van der Waals surface area contributed by atoms with Crippen LogP contribution in [0.2, 0.25) is 5.02 Å². The van der Waals surface area contributed by atoms with Gasteiger partial charge in [-0.3, -0.25) is 0 Å². The predicted octanol–water partition coefficient (Wildman–Crippen LogP) is 2.20. The van der Waals surface area contributed by atoms with E-state index in [4.69, 9.17) is 17.3 Å². The van der Waals surface area contributed by atoms with Gasteiger partial charge >= 0.3 is 0 Å². The van der Waals surface area contributed by atoms with Crippen molar-refractivity contribution < 1.29 is 8.42 Å². The fraction of sp³-hybridized carbons (Fsp3) is 0.182. The van der Waals surface area contributed by atoms with Crippen molar-refractivity contribution in [3.8, 4) is 0 Å². The van der Waals surface area contributed by atoms with Crippen LogP contribution in [0.15, 0.2) is 34.0 Å². The summed E-state index contributed by atoms with van der Waals surface area (Å²) in [5.74, 6) is 0. The summed E-state index contributed by atoms with van der Waals surface area (Å²) in [6.07, 6.45) is 0. The van der Waals surface area contributed by atoms with Crippen LogP contribution in [0.25, 0.3) is 0 Å². The normalized spacial score (nSPS) is 11.9. The number of rotatable bonds is 4. The zero-order chi connectivity index (χ0) is 14.0. The van der Waals surface area contributed by atoms with Crippen molar-refractivity contribution in [3.63, 3.8) is 0 Å². The third-order valence-corrected chi connectivity index (χ3v) is 5.26. The van der Waals surface area contributed by atoms with Crippen LogP contribution in [-0.4, -0.2) is 24.8 Å². The van der Waals surface area contributed by atoms with Crippen LogP contribution in [0.5, 0.6) is 0 Å². The number of halogens is 1. The summed E-state index contributed by atoms with van der Waals surface area (Å²) in [6, 6.07) is 4.38. The molecule has 0 saturated heterocycles. The topological polar surface area (TPSA) is 76.3 Å². The first-order valence-electron chi connectivity index (χ1n) is 5.29. The number of nitrogen functional groups attached to an aromatic ring is 1. The van der Waals surface area contributed by atoms with E-state index in [-0.39, 0.29) is 17.1 Å². The van der Waals surface area contributed by atoms with Crippen molar-refractivity contribution in [2.24, 2.45) is 0 Å². The van der Waals surface area contributed by atoms with Crippen LogP contribution >= 0.6 is 22.9 Å². The molecule has 0 amide bonds. The van der Waals surface area contributed by atoms with Gasteiger partial charge in [-0.1, -0.05) is 11.6 Å². The Kier molecular flexibility index (Phi) is 4.10. The number of hydrogen-bond acceptors (Lipinski definition) is 5. The Hall–Kier alpha value is -1.15. The van der Waals surface area contributed by atoms with Crippen molar-refractivity contribution in [2.45, 2.75) is 11.4 Å². The van der Waals surface area contributed by atoms with Crippen molar-refractivity contribution in [1.29, 1.82) is 0 Å². The van der Waals surface area contributed by atoms with Gasteiger partial charge in [0.05, 0.1) is 23.4 Å². The van der Waals surface area contributed by atoms with Crippen LogP contribution in [0.4, 0.5) is 5.69 Å². The first-order valence-corrected chi connectivity index (χ1v) is 8.06. The molecule has 2 aromatic rings. The lowest BCUT2D eigenvalue weighted by molar-refractivity contribution is 0.463. The van der Waals surface area contributed by atoms with Crippen molar-refractivity contribution >= 4 is 38.6 Å². The average molecular weight is 318 g/mol. The number of nitrogens with two attached hydrogens (primary N) is 1. The minimum absolute atomic E-state index is 0.0118. The van der Waals surface area contributed by atoms with Gasteiger partial charge in [-0.15, -0.1) is 11.3 Å². The third-order valence-electron chi connectivity index (χ3n) is 2.53. The summed E-state index contributed by atoms with van der Waals surface area (Å²) in [5, 5.41) is 2.13. The van der Waals surface area contributed by atoms with E-state index in [1.807, 2.05) is 0 Å². The highest BCUT2D eigenvalue weighted by atomic mass is 35.5. The highest BCUT2D eigenvalue weighted by molar-refractivity contribution is 7.89. The molecule has 0 radical (unpaired) electrons. The van der Waals surface area contributed by atoms with Gasteiger partial charge in [0.1, 0.15) is 4.90 Å². The molecule has 19 heavy (non-hydrogen) atoms. The molecule has 0 aliphatic heterocycles. The lowest BCUT2D eigenvalue weighted by atomic mass is 10.3. The summed E-state index contributed by atoms with van der Waals surface area (Å²) >= 11 is 7.24. The van der Waals surface area contributed by atoms with Crippen LogP contribution in [0, 0.1) is 0 Å². The molecule has 5 nitrogen and oxygen atoms in total. The minimum atomic E-state index is -3.68. The number of benzene rings is 1. The summed E-state index contributed by atoms with van der Waals surface area (Å²) in [6.45, 7) is 0.192. The van der Waals surface area contributed by atoms with Crippen LogP contribution < -0.4 is 5.73 Å². The maximum atomic E-state index is 12.4. The zero-order valence-electron chi connectivity index (χ0n) is 10.1. The molecule has 0 aliphatic rings. The Balaban J connectivity index is 2.33. The Bertz CT molecular complexity index is 671. The third kappa shape index (κ3) is 3.06. The molecule has 8 heteroatoms. The van der Waals surface area contributed by atoms with E-state index in [9.17, 15) is 8.42 Å². The van der Waals surface area contributed by atoms with Crippen LogP contribution in [0.1, 0.15) is 5.69 Å². The highest BCUT2D eigenvalue weighted by Gasteiger charge is 2.24. The molecular weight excluding hydrogens is 306 g/mol. The molecule has 0 bridgehead atoms.